The molecule has 0 saturated heterocycles. The minimum atomic E-state index is 0.245. The molecule has 0 fully saturated rings. The van der Waals surface area contributed by atoms with Gasteiger partial charge in [0.05, 0.1) is 0 Å². The van der Waals surface area contributed by atoms with Crippen LogP contribution in [0.3, 0.4) is 0 Å². The standard InChI is InChI=1S/C19H32ClN/c1-2-3-4-5-6-7-8-9-10-14-18(21)16-17-13-11-12-15-19(17)20/h11-13,15,18H,2-10,14,16,21H2,1H3. The first-order chi connectivity index (χ1) is 10.2. The van der Waals surface area contributed by atoms with E-state index in [1.54, 1.807) is 0 Å². The smallest absolute Gasteiger partial charge is 0.0438 e. The van der Waals surface area contributed by atoms with Gasteiger partial charge in [-0.3, -0.25) is 0 Å². The average molecular weight is 310 g/mol. The molecule has 1 aromatic rings. The van der Waals surface area contributed by atoms with Crippen molar-refractivity contribution >= 4 is 11.6 Å². The molecule has 0 spiro atoms. The third-order valence-corrected chi connectivity index (χ3v) is 4.49. The van der Waals surface area contributed by atoms with Gasteiger partial charge in [0.2, 0.25) is 0 Å². The summed E-state index contributed by atoms with van der Waals surface area (Å²) in [6, 6.07) is 8.28. The molecule has 0 heterocycles. The molecule has 0 amide bonds. The number of rotatable bonds is 12. The Balaban J connectivity index is 1.99. The minimum Gasteiger partial charge on any atom is -0.327 e. The average Bonchev–Trinajstić information content (AvgIpc) is 2.48. The van der Waals surface area contributed by atoms with Gasteiger partial charge in [-0.25, -0.2) is 0 Å². The van der Waals surface area contributed by atoms with E-state index in [0.717, 1.165) is 17.9 Å². The Hall–Kier alpha value is -0.530. The summed E-state index contributed by atoms with van der Waals surface area (Å²) in [6.07, 6.45) is 14.3. The zero-order chi connectivity index (χ0) is 15.3. The number of halogens is 1. The van der Waals surface area contributed by atoms with Gasteiger partial charge in [-0.2, -0.15) is 0 Å². The first-order valence-corrected chi connectivity index (χ1v) is 9.10. The van der Waals surface area contributed by atoms with E-state index in [-0.39, 0.29) is 6.04 Å². The quantitative estimate of drug-likeness (QED) is 0.462. The molecule has 0 aliphatic rings. The lowest BCUT2D eigenvalue weighted by atomic mass is 10.00. The highest BCUT2D eigenvalue weighted by Gasteiger charge is 2.06. The summed E-state index contributed by atoms with van der Waals surface area (Å²) in [5.74, 6) is 0. The van der Waals surface area contributed by atoms with E-state index in [4.69, 9.17) is 17.3 Å². The molecule has 0 aromatic heterocycles. The summed E-state index contributed by atoms with van der Waals surface area (Å²) < 4.78 is 0. The molecule has 21 heavy (non-hydrogen) atoms. The normalized spacial score (nSPS) is 12.5. The third kappa shape index (κ3) is 9.16. The molecule has 0 aliphatic carbocycles. The highest BCUT2D eigenvalue weighted by Crippen LogP contribution is 2.18. The van der Waals surface area contributed by atoms with Crippen LogP contribution in [0, 0.1) is 0 Å². The maximum absolute atomic E-state index is 6.21. The Morgan fingerprint density at radius 3 is 2.10 bits per heavy atom. The molecule has 0 aliphatic heterocycles. The number of hydrogen-bond donors (Lipinski definition) is 1. The lowest BCUT2D eigenvalue weighted by molar-refractivity contribution is 0.522. The highest BCUT2D eigenvalue weighted by molar-refractivity contribution is 6.31. The van der Waals surface area contributed by atoms with Crippen molar-refractivity contribution in [3.05, 3.63) is 34.9 Å². The van der Waals surface area contributed by atoms with Crippen molar-refractivity contribution in [2.45, 2.75) is 83.6 Å². The molecule has 2 N–H and O–H groups in total. The highest BCUT2D eigenvalue weighted by atomic mass is 35.5. The summed E-state index contributed by atoms with van der Waals surface area (Å²) in [5, 5.41) is 0.847. The van der Waals surface area contributed by atoms with Gasteiger partial charge in [0.1, 0.15) is 0 Å². The van der Waals surface area contributed by atoms with Crippen molar-refractivity contribution in [2.24, 2.45) is 5.73 Å². The monoisotopic (exact) mass is 309 g/mol. The SMILES string of the molecule is CCCCCCCCCCCC(N)Cc1ccccc1Cl. The van der Waals surface area contributed by atoms with Crippen LogP contribution in [0.2, 0.25) is 5.02 Å². The number of unbranched alkanes of at least 4 members (excludes halogenated alkanes) is 8. The second-order valence-corrected chi connectivity index (χ2v) is 6.58. The van der Waals surface area contributed by atoms with Gasteiger partial charge in [-0.05, 0) is 24.5 Å². The van der Waals surface area contributed by atoms with Crippen molar-refractivity contribution in [1.82, 2.24) is 0 Å². The zero-order valence-corrected chi connectivity index (χ0v) is 14.4. The maximum Gasteiger partial charge on any atom is 0.0438 e. The molecular weight excluding hydrogens is 278 g/mol. The molecule has 1 rings (SSSR count). The van der Waals surface area contributed by atoms with Crippen LogP contribution in [0.5, 0.6) is 0 Å². The van der Waals surface area contributed by atoms with Crippen LogP contribution in [0.4, 0.5) is 0 Å². The lowest BCUT2D eigenvalue weighted by Gasteiger charge is -2.12. The largest absolute Gasteiger partial charge is 0.327 e. The minimum absolute atomic E-state index is 0.245. The van der Waals surface area contributed by atoms with Crippen LogP contribution < -0.4 is 5.73 Å². The van der Waals surface area contributed by atoms with E-state index in [1.165, 1.54) is 63.4 Å². The summed E-state index contributed by atoms with van der Waals surface area (Å²) in [5.41, 5.74) is 7.39. The molecular formula is C19H32ClN. The van der Waals surface area contributed by atoms with Crippen molar-refractivity contribution in [3.63, 3.8) is 0 Å². The van der Waals surface area contributed by atoms with Gasteiger partial charge in [0, 0.05) is 11.1 Å². The first-order valence-electron chi connectivity index (χ1n) is 8.73. The fourth-order valence-electron chi connectivity index (χ4n) is 2.77. The summed E-state index contributed by atoms with van der Waals surface area (Å²) in [4.78, 5) is 0. The van der Waals surface area contributed by atoms with E-state index < -0.39 is 0 Å². The van der Waals surface area contributed by atoms with E-state index >= 15 is 0 Å². The molecule has 0 bridgehead atoms. The van der Waals surface area contributed by atoms with E-state index in [0.29, 0.717) is 0 Å². The zero-order valence-electron chi connectivity index (χ0n) is 13.6. The molecule has 2 heteroatoms. The van der Waals surface area contributed by atoms with Crippen LogP contribution in [-0.2, 0) is 6.42 Å². The van der Waals surface area contributed by atoms with Gasteiger partial charge in [-0.15, -0.1) is 0 Å². The van der Waals surface area contributed by atoms with E-state index in [1.807, 2.05) is 18.2 Å². The van der Waals surface area contributed by atoms with Crippen molar-refractivity contribution in [1.29, 1.82) is 0 Å². The Bertz CT molecular complexity index is 364. The number of benzene rings is 1. The summed E-state index contributed by atoms with van der Waals surface area (Å²) >= 11 is 6.17. The lowest BCUT2D eigenvalue weighted by Crippen LogP contribution is -2.22. The summed E-state index contributed by atoms with van der Waals surface area (Å²) in [7, 11) is 0. The van der Waals surface area contributed by atoms with Crippen LogP contribution >= 0.6 is 11.6 Å². The predicted molar refractivity (Wildman–Crippen MR) is 95.0 cm³/mol. The van der Waals surface area contributed by atoms with Gasteiger partial charge >= 0.3 is 0 Å². The first kappa shape index (κ1) is 18.5. The molecule has 1 unspecified atom stereocenters. The Morgan fingerprint density at radius 1 is 0.905 bits per heavy atom. The molecule has 1 atom stereocenters. The van der Waals surface area contributed by atoms with Crippen LogP contribution in [0.15, 0.2) is 24.3 Å². The molecule has 0 radical (unpaired) electrons. The van der Waals surface area contributed by atoms with Gasteiger partial charge < -0.3 is 5.73 Å². The fourth-order valence-corrected chi connectivity index (χ4v) is 2.98. The second kappa shape index (κ2) is 12.1. The molecule has 1 aromatic carbocycles. The topological polar surface area (TPSA) is 26.0 Å². The van der Waals surface area contributed by atoms with Crippen LogP contribution in [0.25, 0.3) is 0 Å². The number of hydrogen-bond acceptors (Lipinski definition) is 1. The van der Waals surface area contributed by atoms with Crippen molar-refractivity contribution in [2.75, 3.05) is 0 Å². The Morgan fingerprint density at radius 2 is 1.48 bits per heavy atom. The third-order valence-electron chi connectivity index (χ3n) is 4.12. The molecule has 120 valence electrons. The van der Waals surface area contributed by atoms with E-state index in [2.05, 4.69) is 13.0 Å². The Labute approximate surface area is 136 Å². The fraction of sp³-hybridized carbons (Fsp3) is 0.684. The molecule has 0 saturated carbocycles. The van der Waals surface area contributed by atoms with Gasteiger partial charge in [0.25, 0.3) is 0 Å². The van der Waals surface area contributed by atoms with E-state index in [9.17, 15) is 0 Å². The van der Waals surface area contributed by atoms with Gasteiger partial charge in [0.15, 0.2) is 0 Å². The molecule has 1 nitrogen and oxygen atoms in total. The van der Waals surface area contributed by atoms with Crippen molar-refractivity contribution < 1.29 is 0 Å². The Kier molecular flexibility index (Phi) is 10.6. The summed E-state index contributed by atoms with van der Waals surface area (Å²) in [6.45, 7) is 2.27. The number of nitrogens with two attached hydrogens (primary N) is 1. The second-order valence-electron chi connectivity index (χ2n) is 6.17. The van der Waals surface area contributed by atoms with Crippen LogP contribution in [-0.4, -0.2) is 6.04 Å². The van der Waals surface area contributed by atoms with Crippen molar-refractivity contribution in [3.8, 4) is 0 Å². The predicted octanol–water partition coefficient (Wildman–Crippen LogP) is 6.13. The van der Waals surface area contributed by atoms with Gasteiger partial charge in [-0.1, -0.05) is 94.5 Å². The van der Waals surface area contributed by atoms with Crippen LogP contribution in [0.1, 0.15) is 76.7 Å². The maximum atomic E-state index is 6.21.